The van der Waals surface area contributed by atoms with Gasteiger partial charge in [-0.1, -0.05) is 11.8 Å². The summed E-state index contributed by atoms with van der Waals surface area (Å²) >= 11 is 0. The number of fused-ring (bicyclic) bond motifs is 1. The van der Waals surface area contributed by atoms with Crippen LogP contribution in [0.3, 0.4) is 0 Å². The van der Waals surface area contributed by atoms with E-state index in [1.807, 2.05) is 0 Å². The Morgan fingerprint density at radius 3 is 2.65 bits per heavy atom. The molecule has 6 heteroatoms. The summed E-state index contributed by atoms with van der Waals surface area (Å²) in [6, 6.07) is 5.40. The van der Waals surface area contributed by atoms with Gasteiger partial charge in [0.1, 0.15) is 18.1 Å². The van der Waals surface area contributed by atoms with Gasteiger partial charge in [0.25, 0.3) is 0 Å². The van der Waals surface area contributed by atoms with Crippen molar-refractivity contribution in [1.29, 1.82) is 0 Å². The zero-order valence-corrected chi connectivity index (χ0v) is 10.5. The highest BCUT2D eigenvalue weighted by Crippen LogP contribution is 2.34. The Morgan fingerprint density at radius 1 is 1.30 bits per heavy atom. The highest BCUT2D eigenvalue weighted by atomic mass is 19.4. The van der Waals surface area contributed by atoms with Gasteiger partial charge in [0.05, 0.1) is 12.6 Å². The molecule has 0 unspecified atom stereocenters. The maximum Gasteiger partial charge on any atom is 0.433 e. The average molecular weight is 281 g/mol. The molecule has 3 nitrogen and oxygen atoms in total. The molecular weight excluding hydrogens is 271 g/mol. The Morgan fingerprint density at radius 2 is 2.05 bits per heavy atom. The van der Waals surface area contributed by atoms with Gasteiger partial charge >= 0.3 is 6.18 Å². The lowest BCUT2D eigenvalue weighted by molar-refractivity contribution is -0.141. The number of aromatic nitrogens is 1. The number of methoxy groups -OCH3 is 1. The number of pyridine rings is 1. The Labute approximate surface area is 113 Å². The minimum Gasteiger partial charge on any atom is -0.496 e. The van der Waals surface area contributed by atoms with E-state index in [0.29, 0.717) is 10.9 Å². The van der Waals surface area contributed by atoms with Gasteiger partial charge in [0, 0.05) is 17.0 Å². The molecule has 2 rings (SSSR count). The third kappa shape index (κ3) is 2.83. The number of hydrogen-bond donors (Lipinski definition) is 1. The van der Waals surface area contributed by atoms with Crippen molar-refractivity contribution in [3.8, 4) is 17.6 Å². The van der Waals surface area contributed by atoms with Crippen molar-refractivity contribution in [2.24, 2.45) is 0 Å². The first-order valence-electron chi connectivity index (χ1n) is 5.61. The van der Waals surface area contributed by atoms with Crippen LogP contribution in [0.2, 0.25) is 0 Å². The van der Waals surface area contributed by atoms with Crippen LogP contribution in [0.4, 0.5) is 13.2 Å². The standard InChI is InChI=1S/C14H10F3NO2/c1-20-12-8-13(14(15,16)17)18-11-5-4-9(3-2-6-19)7-10(11)12/h4-5,7-8,19H,6H2,1H3. The second-order valence-corrected chi connectivity index (χ2v) is 3.90. The first-order valence-corrected chi connectivity index (χ1v) is 5.61. The fraction of sp³-hybridized carbons (Fsp3) is 0.214. The Balaban J connectivity index is 2.65. The molecule has 0 saturated heterocycles. The van der Waals surface area contributed by atoms with Crippen molar-refractivity contribution in [2.45, 2.75) is 6.18 Å². The summed E-state index contributed by atoms with van der Waals surface area (Å²) in [6.07, 6.45) is -4.53. The predicted octanol–water partition coefficient (Wildman–Crippen LogP) is 2.61. The van der Waals surface area contributed by atoms with Crippen LogP contribution in [-0.2, 0) is 6.18 Å². The van der Waals surface area contributed by atoms with Crippen LogP contribution in [0.25, 0.3) is 10.9 Å². The molecule has 0 aliphatic heterocycles. The molecule has 20 heavy (non-hydrogen) atoms. The average Bonchev–Trinajstić information content (AvgIpc) is 2.42. The Bertz CT molecular complexity index is 699. The van der Waals surface area contributed by atoms with Crippen LogP contribution >= 0.6 is 0 Å². The lowest BCUT2D eigenvalue weighted by Gasteiger charge is -2.11. The molecule has 0 fully saturated rings. The normalized spacial score (nSPS) is 11.1. The molecule has 0 saturated carbocycles. The molecule has 1 aromatic heterocycles. The van der Waals surface area contributed by atoms with E-state index in [9.17, 15) is 13.2 Å². The van der Waals surface area contributed by atoms with Gasteiger partial charge < -0.3 is 9.84 Å². The maximum absolute atomic E-state index is 12.7. The van der Waals surface area contributed by atoms with Gasteiger partial charge in [-0.15, -0.1) is 0 Å². The van der Waals surface area contributed by atoms with E-state index in [0.717, 1.165) is 6.07 Å². The van der Waals surface area contributed by atoms with Crippen LogP contribution in [-0.4, -0.2) is 23.8 Å². The lowest BCUT2D eigenvalue weighted by Crippen LogP contribution is -2.08. The molecule has 1 N–H and O–H groups in total. The zero-order valence-electron chi connectivity index (χ0n) is 10.5. The summed E-state index contributed by atoms with van der Waals surface area (Å²) in [7, 11) is 1.29. The first kappa shape index (κ1) is 14.2. The van der Waals surface area contributed by atoms with Crippen LogP contribution in [0.15, 0.2) is 24.3 Å². The van der Waals surface area contributed by atoms with Crippen molar-refractivity contribution < 1.29 is 23.0 Å². The predicted molar refractivity (Wildman–Crippen MR) is 67.3 cm³/mol. The number of alkyl halides is 3. The van der Waals surface area contributed by atoms with E-state index in [2.05, 4.69) is 16.8 Å². The molecule has 0 amide bonds. The van der Waals surface area contributed by atoms with Crippen molar-refractivity contribution in [3.05, 3.63) is 35.5 Å². The lowest BCUT2D eigenvalue weighted by atomic mass is 10.1. The quantitative estimate of drug-likeness (QED) is 0.817. The first-order chi connectivity index (χ1) is 9.45. The summed E-state index contributed by atoms with van der Waals surface area (Å²) < 4.78 is 43.1. The molecule has 1 aromatic carbocycles. The molecule has 0 aliphatic carbocycles. The van der Waals surface area contributed by atoms with Crippen LogP contribution in [0.1, 0.15) is 11.3 Å². The van der Waals surface area contributed by atoms with E-state index < -0.39 is 11.9 Å². The summed E-state index contributed by atoms with van der Waals surface area (Å²) in [5, 5.41) is 9.07. The van der Waals surface area contributed by atoms with Gasteiger partial charge in [-0.2, -0.15) is 13.2 Å². The van der Waals surface area contributed by atoms with Gasteiger partial charge in [-0.05, 0) is 18.2 Å². The smallest absolute Gasteiger partial charge is 0.433 e. The molecule has 0 bridgehead atoms. The van der Waals surface area contributed by atoms with Crippen molar-refractivity contribution >= 4 is 10.9 Å². The molecule has 0 radical (unpaired) electrons. The van der Waals surface area contributed by atoms with E-state index >= 15 is 0 Å². The topological polar surface area (TPSA) is 42.4 Å². The number of aliphatic hydroxyl groups excluding tert-OH is 1. The van der Waals surface area contributed by atoms with Gasteiger partial charge in [0.2, 0.25) is 0 Å². The molecule has 0 aliphatic rings. The second kappa shape index (κ2) is 5.39. The Hall–Kier alpha value is -2.26. The summed E-state index contributed by atoms with van der Waals surface area (Å²) in [4.78, 5) is 3.57. The van der Waals surface area contributed by atoms with Crippen LogP contribution in [0.5, 0.6) is 5.75 Å². The highest BCUT2D eigenvalue weighted by Gasteiger charge is 2.33. The summed E-state index contributed by atoms with van der Waals surface area (Å²) in [5.74, 6) is 5.22. The monoisotopic (exact) mass is 281 g/mol. The van der Waals surface area contributed by atoms with Crippen molar-refractivity contribution in [1.82, 2.24) is 4.98 Å². The number of aliphatic hydroxyl groups is 1. The van der Waals surface area contributed by atoms with E-state index in [4.69, 9.17) is 9.84 Å². The fourth-order valence-electron chi connectivity index (χ4n) is 1.73. The SMILES string of the molecule is COc1cc(C(F)(F)F)nc2ccc(C#CCO)cc12. The molecule has 2 aromatic rings. The third-order valence-corrected chi connectivity index (χ3v) is 2.59. The molecule has 0 atom stereocenters. The number of ether oxygens (including phenoxy) is 1. The fourth-order valence-corrected chi connectivity index (χ4v) is 1.73. The third-order valence-electron chi connectivity index (χ3n) is 2.59. The minimum atomic E-state index is -4.53. The van der Waals surface area contributed by atoms with Crippen molar-refractivity contribution in [2.75, 3.05) is 13.7 Å². The van der Waals surface area contributed by atoms with Crippen molar-refractivity contribution in [3.63, 3.8) is 0 Å². The van der Waals surface area contributed by atoms with Gasteiger partial charge in [-0.3, -0.25) is 0 Å². The van der Waals surface area contributed by atoms with Gasteiger partial charge in [-0.25, -0.2) is 4.98 Å². The summed E-state index contributed by atoms with van der Waals surface area (Å²) in [5.41, 5.74) is -0.270. The van der Waals surface area contributed by atoms with Crippen LogP contribution in [0, 0.1) is 11.8 Å². The number of nitrogens with zero attached hydrogens (tertiary/aromatic N) is 1. The molecule has 104 valence electrons. The Kier molecular flexibility index (Phi) is 3.81. The second-order valence-electron chi connectivity index (χ2n) is 3.90. The van der Waals surface area contributed by atoms with E-state index in [1.54, 1.807) is 6.07 Å². The van der Waals surface area contributed by atoms with Gasteiger partial charge in [0.15, 0.2) is 0 Å². The number of hydrogen-bond acceptors (Lipinski definition) is 3. The molecular formula is C14H10F3NO2. The maximum atomic E-state index is 12.7. The highest BCUT2D eigenvalue weighted by molar-refractivity contribution is 5.86. The van der Waals surface area contributed by atoms with E-state index in [-0.39, 0.29) is 17.9 Å². The molecule has 1 heterocycles. The number of halogens is 3. The summed E-state index contributed by atoms with van der Waals surface area (Å²) in [6.45, 7) is -0.291. The molecule has 0 spiro atoms. The number of benzene rings is 1. The zero-order chi connectivity index (χ0) is 14.8. The minimum absolute atomic E-state index is 0.0787. The van der Waals surface area contributed by atoms with Crippen LogP contribution < -0.4 is 4.74 Å². The largest absolute Gasteiger partial charge is 0.496 e. The number of rotatable bonds is 1. The van der Waals surface area contributed by atoms with E-state index in [1.165, 1.54) is 19.2 Å².